The average Bonchev–Trinajstić information content (AvgIpc) is 2.62. The third-order valence-corrected chi connectivity index (χ3v) is 4.54. The highest BCUT2D eigenvalue weighted by molar-refractivity contribution is 5.85. The Hall–Kier alpha value is -0.280. The van der Waals surface area contributed by atoms with Crippen molar-refractivity contribution in [2.45, 2.75) is 97.8 Å². The fourth-order valence-electron chi connectivity index (χ4n) is 3.14. The average molecular weight is 480 g/mol. The summed E-state index contributed by atoms with van der Waals surface area (Å²) in [6, 6.07) is 6.97. The monoisotopic (exact) mass is 478 g/mol. The lowest BCUT2D eigenvalue weighted by Crippen LogP contribution is -1.99. The first-order valence-corrected chi connectivity index (χ1v) is 12.0. The Morgan fingerprint density at radius 2 is 0.968 bits per heavy atom. The van der Waals surface area contributed by atoms with Crippen molar-refractivity contribution in [3.05, 3.63) is 34.9 Å². The van der Waals surface area contributed by atoms with Crippen LogP contribution in [0.15, 0.2) is 18.2 Å². The highest BCUT2D eigenvalue weighted by Gasteiger charge is 2.01. The van der Waals surface area contributed by atoms with Gasteiger partial charge in [0.1, 0.15) is 0 Å². The second kappa shape index (κ2) is 27.8. The Bertz CT molecular complexity index is 451. The van der Waals surface area contributed by atoms with E-state index < -0.39 is 0 Å². The summed E-state index contributed by atoms with van der Waals surface area (Å²) in [5.74, 6) is 0. The summed E-state index contributed by atoms with van der Waals surface area (Å²) in [7, 11) is 12.0. The van der Waals surface area contributed by atoms with Gasteiger partial charge < -0.3 is 9.80 Å². The topological polar surface area (TPSA) is 6.48 Å². The van der Waals surface area contributed by atoms with Gasteiger partial charge in [-0.15, -0.1) is 24.8 Å². The molecule has 31 heavy (non-hydrogen) atoms. The molecule has 0 unspecified atom stereocenters. The lowest BCUT2D eigenvalue weighted by atomic mass is 9.97. The minimum Gasteiger partial charge on any atom is -0.312 e. The summed E-state index contributed by atoms with van der Waals surface area (Å²) in [5, 5.41) is 0. The van der Waals surface area contributed by atoms with Crippen molar-refractivity contribution in [1.29, 1.82) is 0 Å². The fourth-order valence-corrected chi connectivity index (χ4v) is 3.14. The highest BCUT2D eigenvalue weighted by atomic mass is 35.5. The van der Waals surface area contributed by atoms with Crippen molar-refractivity contribution >= 4 is 24.8 Å². The smallest absolute Gasteiger partial charge is 0.0140 e. The molecular formula is C27H56Cl2N2. The van der Waals surface area contributed by atoms with Crippen LogP contribution in [0.3, 0.4) is 0 Å². The summed E-state index contributed by atoms with van der Waals surface area (Å²) in [6.45, 7) is 6.77. The summed E-state index contributed by atoms with van der Waals surface area (Å²) >= 11 is 0. The standard InChI is InChI=1S/C21H36.2C3H9N.2ClH/c1-4-6-7-8-9-10-11-12-13-14-15-21-18-19(3)16-17-20(21)5-2;2*1-4(2)3;;/h16-18H,4-15H2,1-3H3;2*1-3H3;2*1H. The van der Waals surface area contributed by atoms with Crippen molar-refractivity contribution < 1.29 is 0 Å². The summed E-state index contributed by atoms with van der Waals surface area (Å²) in [6.07, 6.45) is 16.7. The van der Waals surface area contributed by atoms with Crippen molar-refractivity contribution in [3.63, 3.8) is 0 Å². The van der Waals surface area contributed by atoms with Crippen LogP contribution in [0.2, 0.25) is 0 Å². The zero-order valence-corrected chi connectivity index (χ0v) is 24.1. The number of aryl methyl sites for hydroxylation is 3. The van der Waals surface area contributed by atoms with Gasteiger partial charge in [0.05, 0.1) is 0 Å². The number of halogens is 2. The van der Waals surface area contributed by atoms with Crippen molar-refractivity contribution in [1.82, 2.24) is 9.80 Å². The summed E-state index contributed by atoms with van der Waals surface area (Å²) in [5.41, 5.74) is 4.56. The fraction of sp³-hybridized carbons (Fsp3) is 0.778. The van der Waals surface area contributed by atoms with E-state index in [9.17, 15) is 0 Å². The van der Waals surface area contributed by atoms with Crippen LogP contribution >= 0.6 is 24.8 Å². The second-order valence-corrected chi connectivity index (χ2v) is 9.24. The molecule has 1 aromatic rings. The molecule has 0 bridgehead atoms. The van der Waals surface area contributed by atoms with E-state index in [0.717, 1.165) is 0 Å². The van der Waals surface area contributed by atoms with Gasteiger partial charge in [0.25, 0.3) is 0 Å². The van der Waals surface area contributed by atoms with Crippen LogP contribution in [0.5, 0.6) is 0 Å². The molecule has 0 aromatic heterocycles. The van der Waals surface area contributed by atoms with Gasteiger partial charge in [-0.25, -0.2) is 0 Å². The van der Waals surface area contributed by atoms with E-state index in [1.54, 1.807) is 11.1 Å². The quantitative estimate of drug-likeness (QED) is 0.279. The number of hydrogen-bond donors (Lipinski definition) is 0. The van der Waals surface area contributed by atoms with Crippen LogP contribution in [0.1, 0.15) is 94.7 Å². The molecule has 0 aliphatic carbocycles. The van der Waals surface area contributed by atoms with Gasteiger partial charge in [0, 0.05) is 0 Å². The maximum Gasteiger partial charge on any atom is -0.0140 e. The van der Waals surface area contributed by atoms with Crippen LogP contribution in [0.25, 0.3) is 0 Å². The molecule has 4 heteroatoms. The van der Waals surface area contributed by atoms with Gasteiger partial charge in [0.15, 0.2) is 0 Å². The van der Waals surface area contributed by atoms with E-state index in [-0.39, 0.29) is 24.8 Å². The van der Waals surface area contributed by atoms with Crippen LogP contribution in [0, 0.1) is 6.92 Å². The van der Waals surface area contributed by atoms with E-state index in [4.69, 9.17) is 0 Å². The number of nitrogens with zero attached hydrogens (tertiary/aromatic N) is 2. The van der Waals surface area contributed by atoms with E-state index in [0.29, 0.717) is 0 Å². The SMILES string of the molecule is CCCCCCCCCCCCc1cc(C)ccc1CC.CN(C)C.CN(C)C.Cl.Cl. The minimum absolute atomic E-state index is 0. The molecule has 0 saturated heterocycles. The Labute approximate surface area is 209 Å². The lowest BCUT2D eigenvalue weighted by Gasteiger charge is -2.09. The second-order valence-electron chi connectivity index (χ2n) is 9.24. The summed E-state index contributed by atoms with van der Waals surface area (Å²) in [4.78, 5) is 4.00. The van der Waals surface area contributed by atoms with Crippen LogP contribution in [-0.2, 0) is 12.8 Å². The first-order valence-electron chi connectivity index (χ1n) is 12.0. The molecule has 2 nitrogen and oxygen atoms in total. The Morgan fingerprint density at radius 1 is 0.581 bits per heavy atom. The van der Waals surface area contributed by atoms with Crippen LogP contribution < -0.4 is 0 Å². The van der Waals surface area contributed by atoms with E-state index in [2.05, 4.69) is 39.0 Å². The van der Waals surface area contributed by atoms with Gasteiger partial charge in [-0.2, -0.15) is 0 Å². The van der Waals surface area contributed by atoms with Crippen molar-refractivity contribution in [2.75, 3.05) is 42.3 Å². The van der Waals surface area contributed by atoms with Gasteiger partial charge in [-0.05, 0) is 79.6 Å². The van der Waals surface area contributed by atoms with Gasteiger partial charge in [-0.1, -0.05) is 95.4 Å². The molecule has 0 fully saturated rings. The van der Waals surface area contributed by atoms with E-state index >= 15 is 0 Å². The molecule has 0 spiro atoms. The predicted octanol–water partition coefficient (Wildman–Crippen LogP) is 8.22. The number of benzene rings is 1. The third-order valence-electron chi connectivity index (χ3n) is 4.54. The summed E-state index contributed by atoms with van der Waals surface area (Å²) < 4.78 is 0. The minimum atomic E-state index is 0. The van der Waals surface area contributed by atoms with E-state index in [1.165, 1.54) is 82.6 Å². The van der Waals surface area contributed by atoms with Gasteiger partial charge in [-0.3, -0.25) is 0 Å². The van der Waals surface area contributed by atoms with Crippen LogP contribution in [0.4, 0.5) is 0 Å². The zero-order chi connectivity index (χ0) is 22.5. The first-order chi connectivity index (χ1) is 13.7. The molecule has 0 aliphatic rings. The molecule has 0 atom stereocenters. The maximum atomic E-state index is 2.40. The molecule has 0 saturated carbocycles. The molecule has 1 aromatic carbocycles. The van der Waals surface area contributed by atoms with Crippen molar-refractivity contribution in [3.8, 4) is 0 Å². The molecular weight excluding hydrogens is 423 g/mol. The number of rotatable bonds is 12. The van der Waals surface area contributed by atoms with Gasteiger partial charge >= 0.3 is 0 Å². The zero-order valence-electron chi connectivity index (χ0n) is 22.4. The number of unbranched alkanes of at least 4 members (excludes halogenated alkanes) is 9. The maximum absolute atomic E-state index is 2.40. The Morgan fingerprint density at radius 3 is 1.35 bits per heavy atom. The molecule has 0 heterocycles. The normalized spacial score (nSPS) is 9.77. The molecule has 1 rings (SSSR count). The molecule has 188 valence electrons. The number of hydrogen-bond acceptors (Lipinski definition) is 2. The predicted molar refractivity (Wildman–Crippen MR) is 150 cm³/mol. The third kappa shape index (κ3) is 32.0. The largest absolute Gasteiger partial charge is 0.312 e. The van der Waals surface area contributed by atoms with E-state index in [1.807, 2.05) is 52.1 Å². The Balaban J connectivity index is -0.000000313. The molecule has 0 aliphatic heterocycles. The lowest BCUT2D eigenvalue weighted by molar-refractivity contribution is 0.505. The van der Waals surface area contributed by atoms with Gasteiger partial charge in [0.2, 0.25) is 0 Å². The van der Waals surface area contributed by atoms with Crippen LogP contribution in [-0.4, -0.2) is 52.1 Å². The highest BCUT2D eigenvalue weighted by Crippen LogP contribution is 2.17. The molecule has 0 amide bonds. The van der Waals surface area contributed by atoms with Crippen molar-refractivity contribution in [2.24, 2.45) is 0 Å². The molecule has 0 N–H and O–H groups in total. The Kier molecular flexibility index (Phi) is 34.0. The molecule has 0 radical (unpaired) electrons. The first kappa shape index (κ1) is 38.0.